The van der Waals surface area contributed by atoms with Crippen molar-refractivity contribution >= 4 is 5.91 Å². The first-order valence-corrected chi connectivity index (χ1v) is 7.09. The molecule has 1 amide bonds. The van der Waals surface area contributed by atoms with Gasteiger partial charge in [0.05, 0.1) is 13.1 Å². The second-order valence-corrected chi connectivity index (χ2v) is 5.32. The van der Waals surface area contributed by atoms with Crippen LogP contribution in [0.5, 0.6) is 5.88 Å². The fourth-order valence-corrected chi connectivity index (χ4v) is 2.26. The number of rotatable bonds is 3. The zero-order valence-electron chi connectivity index (χ0n) is 12.3. The quantitative estimate of drug-likeness (QED) is 0.806. The van der Waals surface area contributed by atoms with Crippen LogP contribution in [0, 0.1) is 5.82 Å². The smallest absolute Gasteiger partial charge is 0.433 e. The molecule has 4 nitrogen and oxygen atoms in total. The van der Waals surface area contributed by atoms with Crippen molar-refractivity contribution < 1.29 is 27.1 Å². The molecule has 0 radical (unpaired) electrons. The zero-order valence-corrected chi connectivity index (χ0v) is 12.3. The minimum absolute atomic E-state index is 0.135. The van der Waals surface area contributed by atoms with E-state index in [1.807, 2.05) is 0 Å². The number of nitrogens with zero attached hydrogens (tertiary/aromatic N) is 2. The summed E-state index contributed by atoms with van der Waals surface area (Å²) in [5.41, 5.74) is -0.689. The maximum Gasteiger partial charge on any atom is 0.433 e. The molecular weight excluding hydrogens is 328 g/mol. The van der Waals surface area contributed by atoms with E-state index in [1.54, 1.807) is 0 Å². The Labute approximate surface area is 134 Å². The molecule has 2 aromatic rings. The fourth-order valence-electron chi connectivity index (χ4n) is 2.26. The van der Waals surface area contributed by atoms with Gasteiger partial charge in [-0.15, -0.1) is 0 Å². The van der Waals surface area contributed by atoms with E-state index < -0.39 is 23.8 Å². The minimum atomic E-state index is -4.54. The Morgan fingerprint density at radius 2 is 1.79 bits per heavy atom. The number of benzene rings is 1. The molecule has 1 fully saturated rings. The van der Waals surface area contributed by atoms with E-state index in [1.165, 1.54) is 41.3 Å². The van der Waals surface area contributed by atoms with E-state index in [0.29, 0.717) is 5.56 Å². The number of halogens is 4. The summed E-state index contributed by atoms with van der Waals surface area (Å²) in [6.07, 6.45) is -4.96. The number of aromatic nitrogens is 1. The molecule has 1 aliphatic rings. The van der Waals surface area contributed by atoms with Crippen LogP contribution in [-0.4, -0.2) is 35.0 Å². The van der Waals surface area contributed by atoms with Crippen LogP contribution in [0.4, 0.5) is 17.6 Å². The molecule has 3 rings (SSSR count). The van der Waals surface area contributed by atoms with Crippen molar-refractivity contribution in [3.05, 3.63) is 59.5 Å². The van der Waals surface area contributed by atoms with Gasteiger partial charge in [0, 0.05) is 11.6 Å². The molecule has 1 aromatic carbocycles. The normalized spacial score (nSPS) is 15.1. The predicted molar refractivity (Wildman–Crippen MR) is 76.0 cm³/mol. The van der Waals surface area contributed by atoms with Gasteiger partial charge in [0.25, 0.3) is 5.91 Å². The van der Waals surface area contributed by atoms with Gasteiger partial charge in [-0.2, -0.15) is 13.2 Å². The lowest BCUT2D eigenvalue weighted by Gasteiger charge is -2.38. The van der Waals surface area contributed by atoms with Gasteiger partial charge in [0.1, 0.15) is 17.6 Å². The molecule has 1 saturated heterocycles. The molecule has 1 aliphatic heterocycles. The van der Waals surface area contributed by atoms with Gasteiger partial charge >= 0.3 is 6.18 Å². The standard InChI is InChI=1S/C16H12F4N2O2/c17-11-6-4-10(5-7-11)15(23)22-8-12(9-22)24-14-3-1-2-13(21-14)16(18,19)20/h1-7,12H,8-9H2. The van der Waals surface area contributed by atoms with Crippen molar-refractivity contribution in [2.24, 2.45) is 0 Å². The molecule has 0 aliphatic carbocycles. The van der Waals surface area contributed by atoms with Gasteiger partial charge in [0.15, 0.2) is 0 Å². The summed E-state index contributed by atoms with van der Waals surface area (Å²) in [4.78, 5) is 17.0. The van der Waals surface area contributed by atoms with Gasteiger partial charge in [-0.1, -0.05) is 6.07 Å². The van der Waals surface area contributed by atoms with Gasteiger partial charge < -0.3 is 9.64 Å². The molecule has 0 unspecified atom stereocenters. The van der Waals surface area contributed by atoms with Crippen LogP contribution in [0.1, 0.15) is 16.1 Å². The van der Waals surface area contributed by atoms with Crippen molar-refractivity contribution in [3.8, 4) is 5.88 Å². The summed E-state index contributed by atoms with van der Waals surface area (Å²) in [5.74, 6) is -0.859. The van der Waals surface area contributed by atoms with Crippen LogP contribution >= 0.6 is 0 Å². The molecule has 0 saturated carbocycles. The average Bonchev–Trinajstić information content (AvgIpc) is 2.50. The van der Waals surface area contributed by atoms with Crippen LogP contribution in [0.25, 0.3) is 0 Å². The third-order valence-electron chi connectivity index (χ3n) is 3.53. The van der Waals surface area contributed by atoms with Gasteiger partial charge in [-0.3, -0.25) is 4.79 Å². The third-order valence-corrected chi connectivity index (χ3v) is 3.53. The SMILES string of the molecule is O=C(c1ccc(F)cc1)N1CC(Oc2cccc(C(F)(F)F)n2)C1. The summed E-state index contributed by atoms with van der Waals surface area (Å²) >= 11 is 0. The Kier molecular flexibility index (Phi) is 4.13. The first-order valence-electron chi connectivity index (χ1n) is 7.09. The lowest BCUT2D eigenvalue weighted by molar-refractivity contribution is -0.141. The number of carbonyl (C=O) groups excluding carboxylic acids is 1. The number of hydrogen-bond acceptors (Lipinski definition) is 3. The highest BCUT2D eigenvalue weighted by Crippen LogP contribution is 2.29. The van der Waals surface area contributed by atoms with E-state index in [-0.39, 0.29) is 24.9 Å². The van der Waals surface area contributed by atoms with Crippen LogP contribution in [-0.2, 0) is 6.18 Å². The number of amides is 1. The number of likely N-dealkylation sites (tertiary alicyclic amines) is 1. The number of hydrogen-bond donors (Lipinski definition) is 0. The van der Waals surface area contributed by atoms with Crippen molar-refractivity contribution in [3.63, 3.8) is 0 Å². The number of ether oxygens (including phenoxy) is 1. The average molecular weight is 340 g/mol. The Hall–Kier alpha value is -2.64. The molecule has 0 N–H and O–H groups in total. The first kappa shape index (κ1) is 16.2. The monoisotopic (exact) mass is 340 g/mol. The largest absolute Gasteiger partial charge is 0.471 e. The molecule has 24 heavy (non-hydrogen) atoms. The van der Waals surface area contributed by atoms with Gasteiger partial charge in [-0.05, 0) is 30.3 Å². The van der Waals surface area contributed by atoms with Crippen molar-refractivity contribution in [2.75, 3.05) is 13.1 Å². The second kappa shape index (κ2) is 6.10. The molecule has 1 aromatic heterocycles. The summed E-state index contributed by atoms with van der Waals surface area (Å²) < 4.78 is 56.0. The van der Waals surface area contributed by atoms with E-state index in [2.05, 4.69) is 4.98 Å². The highest BCUT2D eigenvalue weighted by atomic mass is 19.4. The maximum absolute atomic E-state index is 12.8. The van der Waals surface area contributed by atoms with Gasteiger partial charge in [0.2, 0.25) is 5.88 Å². The number of alkyl halides is 3. The zero-order chi connectivity index (χ0) is 17.3. The summed E-state index contributed by atoms with van der Waals surface area (Å²) in [5, 5.41) is 0. The van der Waals surface area contributed by atoms with E-state index >= 15 is 0 Å². The first-order chi connectivity index (χ1) is 11.3. The summed E-state index contributed by atoms with van der Waals surface area (Å²) in [6.45, 7) is 0.461. The Morgan fingerprint density at radius 1 is 1.12 bits per heavy atom. The van der Waals surface area contributed by atoms with Crippen LogP contribution in [0.15, 0.2) is 42.5 Å². The van der Waals surface area contributed by atoms with Crippen molar-refractivity contribution in [1.29, 1.82) is 0 Å². The Bertz CT molecular complexity index is 740. The van der Waals surface area contributed by atoms with E-state index in [9.17, 15) is 22.4 Å². The maximum atomic E-state index is 12.8. The van der Waals surface area contributed by atoms with Crippen molar-refractivity contribution in [2.45, 2.75) is 12.3 Å². The lowest BCUT2D eigenvalue weighted by Crippen LogP contribution is -2.56. The molecule has 8 heteroatoms. The molecule has 0 atom stereocenters. The topological polar surface area (TPSA) is 42.4 Å². The van der Waals surface area contributed by atoms with Crippen molar-refractivity contribution in [1.82, 2.24) is 9.88 Å². The predicted octanol–water partition coefficient (Wildman–Crippen LogP) is 3.14. The van der Waals surface area contributed by atoms with E-state index in [4.69, 9.17) is 4.74 Å². The summed E-state index contributed by atoms with van der Waals surface area (Å²) in [7, 11) is 0. The second-order valence-electron chi connectivity index (χ2n) is 5.32. The van der Waals surface area contributed by atoms with Crippen LogP contribution in [0.2, 0.25) is 0 Å². The van der Waals surface area contributed by atoms with Crippen LogP contribution in [0.3, 0.4) is 0 Å². The Morgan fingerprint density at radius 3 is 2.42 bits per heavy atom. The third kappa shape index (κ3) is 3.47. The highest BCUT2D eigenvalue weighted by Gasteiger charge is 2.35. The molecule has 0 spiro atoms. The highest BCUT2D eigenvalue weighted by molar-refractivity contribution is 5.94. The van der Waals surface area contributed by atoms with Crippen LogP contribution < -0.4 is 4.74 Å². The summed E-state index contributed by atoms with van der Waals surface area (Å²) in [6, 6.07) is 8.53. The number of carbonyl (C=O) groups is 1. The molecule has 126 valence electrons. The fraction of sp³-hybridized carbons (Fsp3) is 0.250. The number of pyridine rings is 1. The molecule has 2 heterocycles. The molecular formula is C16H12F4N2O2. The molecule has 0 bridgehead atoms. The van der Waals surface area contributed by atoms with Gasteiger partial charge in [-0.25, -0.2) is 9.37 Å². The lowest BCUT2D eigenvalue weighted by atomic mass is 10.1. The minimum Gasteiger partial charge on any atom is -0.471 e. The van der Waals surface area contributed by atoms with E-state index in [0.717, 1.165) is 6.07 Å². The Balaban J connectivity index is 1.57.